The molecule has 0 aliphatic rings. The Labute approximate surface area is 128 Å². The third-order valence-electron chi connectivity index (χ3n) is 3.27. The molecule has 3 heteroatoms. The number of hydrogen-bond acceptors (Lipinski definition) is 2. The Balaban J connectivity index is 1.78. The van der Waals surface area contributed by atoms with E-state index in [1.54, 1.807) is 0 Å². The van der Waals surface area contributed by atoms with Crippen LogP contribution >= 0.6 is 15.9 Å². The second-order valence-corrected chi connectivity index (χ2v) is 5.65. The average molecular weight is 335 g/mol. The van der Waals surface area contributed by atoms with Crippen molar-refractivity contribution in [3.8, 4) is 5.75 Å². The summed E-state index contributed by atoms with van der Waals surface area (Å²) in [6.45, 7) is 0.851. The lowest BCUT2D eigenvalue weighted by Crippen LogP contribution is -2.07. The SMILES string of the molecule is OCC(CCCOc1ccccc1)c1ccc(Br)cc1. The van der Waals surface area contributed by atoms with E-state index in [-0.39, 0.29) is 12.5 Å². The Morgan fingerprint density at radius 3 is 2.35 bits per heavy atom. The minimum Gasteiger partial charge on any atom is -0.494 e. The fraction of sp³-hybridized carbons (Fsp3) is 0.294. The molecule has 2 aromatic rings. The van der Waals surface area contributed by atoms with Gasteiger partial charge in [0.1, 0.15) is 5.75 Å². The Bertz CT molecular complexity index is 496. The van der Waals surface area contributed by atoms with Crippen molar-refractivity contribution in [2.75, 3.05) is 13.2 Å². The van der Waals surface area contributed by atoms with Crippen molar-refractivity contribution in [3.63, 3.8) is 0 Å². The summed E-state index contributed by atoms with van der Waals surface area (Å²) in [5.41, 5.74) is 1.18. The molecule has 2 nitrogen and oxygen atoms in total. The first-order chi connectivity index (χ1) is 9.79. The van der Waals surface area contributed by atoms with Crippen molar-refractivity contribution in [1.29, 1.82) is 0 Å². The van der Waals surface area contributed by atoms with Gasteiger partial charge in [0.2, 0.25) is 0 Å². The number of para-hydroxylation sites is 1. The third kappa shape index (κ3) is 4.66. The molecule has 20 heavy (non-hydrogen) atoms. The molecule has 0 saturated heterocycles. The first-order valence-electron chi connectivity index (χ1n) is 6.84. The van der Waals surface area contributed by atoms with Gasteiger partial charge in [-0.25, -0.2) is 0 Å². The summed E-state index contributed by atoms with van der Waals surface area (Å²) in [7, 11) is 0. The molecule has 0 saturated carbocycles. The van der Waals surface area contributed by atoms with Crippen molar-refractivity contribution in [2.24, 2.45) is 0 Å². The number of halogens is 1. The monoisotopic (exact) mass is 334 g/mol. The molecule has 0 heterocycles. The van der Waals surface area contributed by atoms with E-state index in [0.29, 0.717) is 6.61 Å². The highest BCUT2D eigenvalue weighted by atomic mass is 79.9. The predicted octanol–water partition coefficient (Wildman–Crippen LogP) is 4.38. The lowest BCUT2D eigenvalue weighted by atomic mass is 9.95. The van der Waals surface area contributed by atoms with E-state index in [1.165, 1.54) is 5.56 Å². The molecule has 1 unspecified atom stereocenters. The van der Waals surface area contributed by atoms with E-state index in [1.807, 2.05) is 42.5 Å². The molecular weight excluding hydrogens is 316 g/mol. The highest BCUT2D eigenvalue weighted by Crippen LogP contribution is 2.23. The molecule has 2 rings (SSSR count). The molecule has 2 aromatic carbocycles. The van der Waals surface area contributed by atoms with E-state index in [4.69, 9.17) is 4.74 Å². The maximum Gasteiger partial charge on any atom is 0.119 e. The summed E-state index contributed by atoms with van der Waals surface area (Å²) in [4.78, 5) is 0. The molecule has 0 radical (unpaired) electrons. The molecule has 0 aromatic heterocycles. The van der Waals surface area contributed by atoms with Crippen molar-refractivity contribution in [1.82, 2.24) is 0 Å². The van der Waals surface area contributed by atoms with Gasteiger partial charge in [0.15, 0.2) is 0 Å². The summed E-state index contributed by atoms with van der Waals surface area (Å²) in [6, 6.07) is 18.0. The Hall–Kier alpha value is -1.32. The van der Waals surface area contributed by atoms with E-state index in [9.17, 15) is 5.11 Å². The predicted molar refractivity (Wildman–Crippen MR) is 85.1 cm³/mol. The van der Waals surface area contributed by atoms with Crippen LogP contribution < -0.4 is 4.74 Å². The van der Waals surface area contributed by atoms with E-state index >= 15 is 0 Å². The van der Waals surface area contributed by atoms with Crippen molar-refractivity contribution < 1.29 is 9.84 Å². The number of ether oxygens (including phenoxy) is 1. The smallest absolute Gasteiger partial charge is 0.119 e. The van der Waals surface area contributed by atoms with Crippen LogP contribution in [0.3, 0.4) is 0 Å². The zero-order valence-electron chi connectivity index (χ0n) is 11.3. The second-order valence-electron chi connectivity index (χ2n) is 4.73. The molecule has 1 atom stereocenters. The van der Waals surface area contributed by atoms with Crippen LogP contribution in [0.5, 0.6) is 5.75 Å². The van der Waals surface area contributed by atoms with Gasteiger partial charge in [-0.05, 0) is 42.7 Å². The van der Waals surface area contributed by atoms with Crippen LogP contribution in [0.25, 0.3) is 0 Å². The first kappa shape index (κ1) is 15.1. The number of benzene rings is 2. The van der Waals surface area contributed by atoms with E-state index in [0.717, 1.165) is 23.1 Å². The maximum atomic E-state index is 9.51. The largest absolute Gasteiger partial charge is 0.494 e. The molecule has 0 bridgehead atoms. The van der Waals surface area contributed by atoms with Gasteiger partial charge in [0.25, 0.3) is 0 Å². The quantitative estimate of drug-likeness (QED) is 0.761. The first-order valence-corrected chi connectivity index (χ1v) is 7.63. The van der Waals surface area contributed by atoms with Crippen molar-refractivity contribution in [3.05, 3.63) is 64.6 Å². The third-order valence-corrected chi connectivity index (χ3v) is 3.80. The molecule has 0 spiro atoms. The van der Waals surface area contributed by atoms with E-state index < -0.39 is 0 Å². The maximum absolute atomic E-state index is 9.51. The fourth-order valence-corrected chi connectivity index (χ4v) is 2.40. The summed E-state index contributed by atoms with van der Waals surface area (Å²) in [5.74, 6) is 1.08. The zero-order valence-corrected chi connectivity index (χ0v) is 12.9. The molecule has 106 valence electrons. The normalized spacial score (nSPS) is 12.1. The molecule has 0 aliphatic heterocycles. The second kappa shape index (κ2) is 8.08. The van der Waals surface area contributed by atoms with Crippen LogP contribution in [-0.2, 0) is 0 Å². The van der Waals surface area contributed by atoms with Gasteiger partial charge in [-0.2, -0.15) is 0 Å². The van der Waals surface area contributed by atoms with Gasteiger partial charge in [-0.3, -0.25) is 0 Å². The topological polar surface area (TPSA) is 29.5 Å². The lowest BCUT2D eigenvalue weighted by Gasteiger charge is -2.15. The van der Waals surface area contributed by atoms with Crippen LogP contribution in [-0.4, -0.2) is 18.3 Å². The highest BCUT2D eigenvalue weighted by molar-refractivity contribution is 9.10. The fourth-order valence-electron chi connectivity index (χ4n) is 2.13. The minimum absolute atomic E-state index is 0.174. The number of hydrogen-bond donors (Lipinski definition) is 1. The Kier molecular flexibility index (Phi) is 6.09. The summed E-state index contributed by atoms with van der Waals surface area (Å²) < 4.78 is 6.73. The van der Waals surface area contributed by atoms with Gasteiger partial charge < -0.3 is 9.84 Å². The molecule has 0 aliphatic carbocycles. The molecular formula is C17H19BrO2. The minimum atomic E-state index is 0.174. The lowest BCUT2D eigenvalue weighted by molar-refractivity contribution is 0.243. The van der Waals surface area contributed by atoms with E-state index in [2.05, 4.69) is 28.1 Å². The Morgan fingerprint density at radius 2 is 1.70 bits per heavy atom. The van der Waals surface area contributed by atoms with Crippen molar-refractivity contribution in [2.45, 2.75) is 18.8 Å². The summed E-state index contributed by atoms with van der Waals surface area (Å²) in [6.07, 6.45) is 1.85. The summed E-state index contributed by atoms with van der Waals surface area (Å²) >= 11 is 3.42. The van der Waals surface area contributed by atoms with Gasteiger partial charge in [-0.15, -0.1) is 0 Å². The summed E-state index contributed by atoms with van der Waals surface area (Å²) in [5, 5.41) is 9.51. The number of aliphatic hydroxyl groups is 1. The van der Waals surface area contributed by atoms with Crippen LogP contribution in [0.4, 0.5) is 0 Å². The van der Waals surface area contributed by atoms with Gasteiger partial charge in [0, 0.05) is 17.0 Å². The number of rotatable bonds is 7. The van der Waals surface area contributed by atoms with Crippen LogP contribution in [0.2, 0.25) is 0 Å². The van der Waals surface area contributed by atoms with Gasteiger partial charge >= 0.3 is 0 Å². The standard InChI is InChI=1S/C17H19BrO2/c18-16-10-8-14(9-11-16)15(13-19)5-4-12-20-17-6-2-1-3-7-17/h1-3,6-11,15,19H,4-5,12-13H2. The van der Waals surface area contributed by atoms with Crippen LogP contribution in [0.15, 0.2) is 59.1 Å². The molecule has 0 fully saturated rings. The van der Waals surface area contributed by atoms with Crippen molar-refractivity contribution >= 4 is 15.9 Å². The highest BCUT2D eigenvalue weighted by Gasteiger charge is 2.10. The van der Waals surface area contributed by atoms with Crippen LogP contribution in [0.1, 0.15) is 24.3 Å². The average Bonchev–Trinajstić information content (AvgIpc) is 2.50. The van der Waals surface area contributed by atoms with Gasteiger partial charge in [-0.1, -0.05) is 46.3 Å². The van der Waals surface area contributed by atoms with Crippen LogP contribution in [0, 0.1) is 0 Å². The molecule has 1 N–H and O–H groups in total. The number of aliphatic hydroxyl groups excluding tert-OH is 1. The molecule has 0 amide bonds. The zero-order chi connectivity index (χ0) is 14.2. The van der Waals surface area contributed by atoms with Gasteiger partial charge in [0.05, 0.1) is 6.61 Å². The Morgan fingerprint density at radius 1 is 1.00 bits per heavy atom.